The van der Waals surface area contributed by atoms with Gasteiger partial charge in [0.05, 0.1) is 12.4 Å². The van der Waals surface area contributed by atoms with E-state index in [1.165, 1.54) is 11.8 Å². The molecule has 0 aliphatic carbocycles. The number of amides is 1. The van der Waals surface area contributed by atoms with Gasteiger partial charge in [-0.3, -0.25) is 14.2 Å². The number of hydrogen-bond donors (Lipinski definition) is 1. The highest BCUT2D eigenvalue weighted by molar-refractivity contribution is 7.99. The van der Waals surface area contributed by atoms with Crippen LogP contribution in [0.5, 0.6) is 0 Å². The Bertz CT molecular complexity index is 929. The van der Waals surface area contributed by atoms with Crippen LogP contribution in [0.1, 0.15) is 6.92 Å². The number of aromatic nitrogens is 3. The summed E-state index contributed by atoms with van der Waals surface area (Å²) in [6, 6.07) is 19.5. The van der Waals surface area contributed by atoms with Crippen LogP contribution in [0, 0.1) is 0 Å². The third kappa shape index (κ3) is 4.98. The molecular weight excluding hydrogens is 376 g/mol. The second-order valence-electron chi connectivity index (χ2n) is 5.71. The van der Waals surface area contributed by atoms with Crippen LogP contribution in [0.2, 0.25) is 0 Å². The number of nitrogens with zero attached hydrogens (tertiary/aromatic N) is 3. The average molecular weight is 396 g/mol. The van der Waals surface area contributed by atoms with Gasteiger partial charge in [0, 0.05) is 11.3 Å². The summed E-state index contributed by atoms with van der Waals surface area (Å²) in [5.74, 6) is 0.0712. The summed E-state index contributed by atoms with van der Waals surface area (Å²) in [5, 5.41) is 11.7. The van der Waals surface area contributed by atoms with Gasteiger partial charge in [-0.1, -0.05) is 60.3 Å². The molecule has 8 heteroatoms. The van der Waals surface area contributed by atoms with E-state index in [-0.39, 0.29) is 24.8 Å². The molecule has 7 nitrogen and oxygen atoms in total. The Kier molecular flexibility index (Phi) is 6.80. The molecule has 0 saturated heterocycles. The van der Waals surface area contributed by atoms with Gasteiger partial charge in [-0.05, 0) is 19.1 Å². The number of carbonyl (C=O) groups is 2. The van der Waals surface area contributed by atoms with E-state index >= 15 is 0 Å². The molecular formula is C20H20N4O3S. The van der Waals surface area contributed by atoms with Crippen LogP contribution in [0.15, 0.2) is 65.8 Å². The summed E-state index contributed by atoms with van der Waals surface area (Å²) in [6.45, 7) is 1.86. The number of hydrogen-bond acceptors (Lipinski definition) is 6. The second-order valence-corrected chi connectivity index (χ2v) is 6.66. The number of carbonyl (C=O) groups excluding carboxylic acids is 2. The summed E-state index contributed by atoms with van der Waals surface area (Å²) in [5.41, 5.74) is 1.83. The van der Waals surface area contributed by atoms with E-state index in [4.69, 9.17) is 4.74 Å². The van der Waals surface area contributed by atoms with Gasteiger partial charge < -0.3 is 10.1 Å². The largest absolute Gasteiger partial charge is 0.465 e. The summed E-state index contributed by atoms with van der Waals surface area (Å²) in [6.07, 6.45) is 0. The highest BCUT2D eigenvalue weighted by Gasteiger charge is 2.17. The molecule has 0 atom stereocenters. The standard InChI is InChI=1S/C20H20N4O3S/c1-2-27-18(26)13-21-17(25)14-28-20-23-22-19(15-9-5-3-6-10-15)24(20)16-11-7-4-8-12-16/h3-12H,2,13-14H2,1H3,(H,21,25). The van der Waals surface area contributed by atoms with E-state index in [2.05, 4.69) is 15.5 Å². The smallest absolute Gasteiger partial charge is 0.325 e. The fourth-order valence-electron chi connectivity index (χ4n) is 2.51. The number of nitrogens with one attached hydrogen (secondary N) is 1. The molecule has 0 saturated carbocycles. The van der Waals surface area contributed by atoms with Crippen molar-refractivity contribution < 1.29 is 14.3 Å². The van der Waals surface area contributed by atoms with Crippen molar-refractivity contribution in [3.63, 3.8) is 0 Å². The lowest BCUT2D eigenvalue weighted by molar-refractivity contribution is -0.143. The summed E-state index contributed by atoms with van der Waals surface area (Å²) < 4.78 is 6.71. The van der Waals surface area contributed by atoms with Crippen LogP contribution in [-0.2, 0) is 14.3 Å². The Hall–Kier alpha value is -3.13. The number of thioether (sulfide) groups is 1. The van der Waals surface area contributed by atoms with E-state index in [0.29, 0.717) is 11.0 Å². The van der Waals surface area contributed by atoms with E-state index in [0.717, 1.165) is 11.3 Å². The first-order chi connectivity index (χ1) is 13.7. The fourth-order valence-corrected chi connectivity index (χ4v) is 3.29. The summed E-state index contributed by atoms with van der Waals surface area (Å²) >= 11 is 1.26. The minimum Gasteiger partial charge on any atom is -0.465 e. The van der Waals surface area contributed by atoms with E-state index in [1.807, 2.05) is 65.2 Å². The molecule has 1 N–H and O–H groups in total. The quantitative estimate of drug-likeness (QED) is 0.465. The van der Waals surface area contributed by atoms with E-state index in [1.54, 1.807) is 6.92 Å². The highest BCUT2D eigenvalue weighted by atomic mass is 32.2. The van der Waals surface area contributed by atoms with Crippen molar-refractivity contribution in [3.8, 4) is 17.1 Å². The van der Waals surface area contributed by atoms with Crippen LogP contribution in [0.25, 0.3) is 17.1 Å². The number of esters is 1. The minimum absolute atomic E-state index is 0.110. The third-order valence-electron chi connectivity index (χ3n) is 3.75. The average Bonchev–Trinajstić information content (AvgIpc) is 3.16. The molecule has 0 radical (unpaired) electrons. The predicted molar refractivity (Wildman–Crippen MR) is 107 cm³/mol. The van der Waals surface area contributed by atoms with Gasteiger partial charge in [0.2, 0.25) is 5.91 Å². The molecule has 1 aromatic heterocycles. The lowest BCUT2D eigenvalue weighted by atomic mass is 10.2. The maximum Gasteiger partial charge on any atom is 0.325 e. The maximum atomic E-state index is 12.1. The second kappa shape index (κ2) is 9.70. The molecule has 0 unspecified atom stereocenters. The zero-order valence-corrected chi connectivity index (χ0v) is 16.2. The first-order valence-corrected chi connectivity index (χ1v) is 9.79. The normalized spacial score (nSPS) is 10.5. The van der Waals surface area contributed by atoms with Gasteiger partial charge in [0.1, 0.15) is 6.54 Å². The molecule has 0 spiro atoms. The van der Waals surface area contributed by atoms with Crippen molar-refractivity contribution >= 4 is 23.6 Å². The molecule has 144 valence electrons. The van der Waals surface area contributed by atoms with Crippen molar-refractivity contribution in [2.45, 2.75) is 12.1 Å². The van der Waals surface area contributed by atoms with Crippen LogP contribution < -0.4 is 5.32 Å². The Labute approximate surface area is 167 Å². The van der Waals surface area contributed by atoms with E-state index in [9.17, 15) is 9.59 Å². The first-order valence-electron chi connectivity index (χ1n) is 8.80. The van der Waals surface area contributed by atoms with Gasteiger partial charge in [-0.15, -0.1) is 10.2 Å². The van der Waals surface area contributed by atoms with E-state index < -0.39 is 5.97 Å². The molecule has 0 aliphatic heterocycles. The number of para-hydroxylation sites is 1. The monoisotopic (exact) mass is 396 g/mol. The van der Waals surface area contributed by atoms with Crippen LogP contribution in [-0.4, -0.2) is 45.5 Å². The van der Waals surface area contributed by atoms with Gasteiger partial charge in [0.15, 0.2) is 11.0 Å². The van der Waals surface area contributed by atoms with Crippen molar-refractivity contribution in [1.82, 2.24) is 20.1 Å². The Morgan fingerprint density at radius 3 is 2.39 bits per heavy atom. The molecule has 28 heavy (non-hydrogen) atoms. The lowest BCUT2D eigenvalue weighted by Crippen LogP contribution is -2.31. The molecule has 0 bridgehead atoms. The summed E-state index contributed by atoms with van der Waals surface area (Å²) in [4.78, 5) is 23.4. The third-order valence-corrected chi connectivity index (χ3v) is 4.68. The van der Waals surface area contributed by atoms with Gasteiger partial charge in [0.25, 0.3) is 0 Å². The van der Waals surface area contributed by atoms with Crippen molar-refractivity contribution in [2.24, 2.45) is 0 Å². The zero-order valence-electron chi connectivity index (χ0n) is 15.4. The molecule has 1 amide bonds. The molecule has 3 aromatic rings. The summed E-state index contributed by atoms with van der Waals surface area (Å²) in [7, 11) is 0. The fraction of sp³-hybridized carbons (Fsp3) is 0.200. The molecule has 2 aromatic carbocycles. The van der Waals surface area contributed by atoms with Crippen molar-refractivity contribution in [1.29, 1.82) is 0 Å². The van der Waals surface area contributed by atoms with Gasteiger partial charge >= 0.3 is 5.97 Å². The topological polar surface area (TPSA) is 86.1 Å². The molecule has 0 aliphatic rings. The first kappa shape index (κ1) is 19.6. The Morgan fingerprint density at radius 2 is 1.71 bits per heavy atom. The van der Waals surface area contributed by atoms with Crippen LogP contribution in [0.4, 0.5) is 0 Å². The van der Waals surface area contributed by atoms with Crippen LogP contribution in [0.3, 0.4) is 0 Å². The number of benzene rings is 2. The lowest BCUT2D eigenvalue weighted by Gasteiger charge is -2.10. The van der Waals surface area contributed by atoms with Gasteiger partial charge in [-0.25, -0.2) is 0 Å². The Morgan fingerprint density at radius 1 is 1.04 bits per heavy atom. The minimum atomic E-state index is -0.459. The zero-order chi connectivity index (χ0) is 19.8. The molecule has 0 fully saturated rings. The molecule has 3 rings (SSSR count). The number of rotatable bonds is 8. The highest BCUT2D eigenvalue weighted by Crippen LogP contribution is 2.27. The van der Waals surface area contributed by atoms with Crippen LogP contribution >= 0.6 is 11.8 Å². The van der Waals surface area contributed by atoms with Crippen molar-refractivity contribution in [3.05, 3.63) is 60.7 Å². The molecule has 1 heterocycles. The maximum absolute atomic E-state index is 12.1. The van der Waals surface area contributed by atoms with Gasteiger partial charge in [-0.2, -0.15) is 0 Å². The SMILES string of the molecule is CCOC(=O)CNC(=O)CSc1nnc(-c2ccccc2)n1-c1ccccc1. The van der Waals surface area contributed by atoms with Crippen molar-refractivity contribution in [2.75, 3.05) is 18.9 Å². The Balaban J connectivity index is 1.77. The predicted octanol–water partition coefficient (Wildman–Crippen LogP) is 2.71. The number of ether oxygens (including phenoxy) is 1.